The standard InChI is InChI=1S/C9H9ClN2/c1-5-8-6(10)3-2-4-7(8)12-9(5)11/h2-4,12H,11H2,1H3. The van der Waals surface area contributed by atoms with Crippen LogP contribution in [0.15, 0.2) is 18.2 Å². The summed E-state index contributed by atoms with van der Waals surface area (Å²) in [6.45, 7) is 1.96. The fourth-order valence-electron chi connectivity index (χ4n) is 1.38. The third-order valence-electron chi connectivity index (χ3n) is 2.06. The van der Waals surface area contributed by atoms with E-state index in [2.05, 4.69) is 4.98 Å². The molecule has 0 unspecified atom stereocenters. The average Bonchev–Trinajstić information content (AvgIpc) is 2.29. The van der Waals surface area contributed by atoms with Crippen LogP contribution in [0.4, 0.5) is 5.82 Å². The van der Waals surface area contributed by atoms with Gasteiger partial charge in [0.15, 0.2) is 0 Å². The molecule has 1 aromatic carbocycles. The van der Waals surface area contributed by atoms with E-state index in [1.54, 1.807) is 0 Å². The van der Waals surface area contributed by atoms with E-state index in [0.29, 0.717) is 5.82 Å². The van der Waals surface area contributed by atoms with E-state index in [0.717, 1.165) is 21.5 Å². The summed E-state index contributed by atoms with van der Waals surface area (Å²) in [6, 6.07) is 5.73. The molecule has 3 N–H and O–H groups in total. The lowest BCUT2D eigenvalue weighted by atomic mass is 10.2. The number of nitrogen functional groups attached to an aromatic ring is 1. The quantitative estimate of drug-likeness (QED) is 0.643. The number of rotatable bonds is 0. The van der Waals surface area contributed by atoms with Crippen LogP contribution in [0.1, 0.15) is 5.56 Å². The molecule has 1 heterocycles. The van der Waals surface area contributed by atoms with Crippen LogP contribution in [-0.4, -0.2) is 4.98 Å². The van der Waals surface area contributed by atoms with E-state index in [4.69, 9.17) is 17.3 Å². The van der Waals surface area contributed by atoms with E-state index in [1.807, 2.05) is 25.1 Å². The van der Waals surface area contributed by atoms with Crippen LogP contribution in [0.5, 0.6) is 0 Å². The molecule has 0 bridgehead atoms. The number of aromatic nitrogens is 1. The van der Waals surface area contributed by atoms with Gasteiger partial charge in [-0.05, 0) is 24.6 Å². The Kier molecular flexibility index (Phi) is 1.51. The fourth-order valence-corrected chi connectivity index (χ4v) is 1.70. The first kappa shape index (κ1) is 7.50. The highest BCUT2D eigenvalue weighted by molar-refractivity contribution is 6.35. The third kappa shape index (κ3) is 0.883. The predicted molar refractivity (Wildman–Crippen MR) is 52.5 cm³/mol. The van der Waals surface area contributed by atoms with Crippen molar-refractivity contribution in [2.24, 2.45) is 0 Å². The number of hydrogen-bond acceptors (Lipinski definition) is 1. The summed E-state index contributed by atoms with van der Waals surface area (Å²) < 4.78 is 0. The smallest absolute Gasteiger partial charge is 0.104 e. The molecule has 2 aromatic rings. The van der Waals surface area contributed by atoms with Crippen molar-refractivity contribution in [3.05, 3.63) is 28.8 Å². The molecule has 0 aliphatic rings. The highest BCUT2D eigenvalue weighted by atomic mass is 35.5. The Morgan fingerprint density at radius 2 is 2.17 bits per heavy atom. The zero-order valence-corrected chi connectivity index (χ0v) is 7.44. The van der Waals surface area contributed by atoms with Crippen molar-refractivity contribution in [1.82, 2.24) is 4.98 Å². The van der Waals surface area contributed by atoms with Crippen LogP contribution in [0.3, 0.4) is 0 Å². The zero-order chi connectivity index (χ0) is 8.72. The Hall–Kier alpha value is -1.15. The molecular formula is C9H9ClN2. The van der Waals surface area contributed by atoms with Crippen LogP contribution >= 0.6 is 11.6 Å². The molecule has 12 heavy (non-hydrogen) atoms. The minimum absolute atomic E-state index is 0.693. The lowest BCUT2D eigenvalue weighted by Crippen LogP contribution is -1.84. The van der Waals surface area contributed by atoms with Gasteiger partial charge in [0.25, 0.3) is 0 Å². The van der Waals surface area contributed by atoms with Gasteiger partial charge in [-0.3, -0.25) is 0 Å². The summed E-state index contributed by atoms with van der Waals surface area (Å²) in [7, 11) is 0. The van der Waals surface area contributed by atoms with Crippen LogP contribution in [0.2, 0.25) is 5.02 Å². The second-order valence-electron chi connectivity index (χ2n) is 2.83. The summed E-state index contributed by atoms with van der Waals surface area (Å²) in [6.07, 6.45) is 0. The molecule has 2 rings (SSSR count). The molecule has 0 fully saturated rings. The topological polar surface area (TPSA) is 41.8 Å². The Labute approximate surface area is 75.3 Å². The van der Waals surface area contributed by atoms with Gasteiger partial charge in [0.2, 0.25) is 0 Å². The number of anilines is 1. The molecular weight excluding hydrogens is 172 g/mol. The van der Waals surface area contributed by atoms with Crippen molar-refractivity contribution in [1.29, 1.82) is 0 Å². The second kappa shape index (κ2) is 2.42. The van der Waals surface area contributed by atoms with Gasteiger partial charge in [0.1, 0.15) is 5.82 Å². The maximum atomic E-state index is 6.00. The zero-order valence-electron chi connectivity index (χ0n) is 6.69. The maximum absolute atomic E-state index is 6.00. The number of nitrogens with one attached hydrogen (secondary N) is 1. The molecule has 2 nitrogen and oxygen atoms in total. The Morgan fingerprint density at radius 1 is 1.42 bits per heavy atom. The number of halogens is 1. The van der Waals surface area contributed by atoms with Gasteiger partial charge in [-0.2, -0.15) is 0 Å². The van der Waals surface area contributed by atoms with Gasteiger partial charge in [-0.1, -0.05) is 17.7 Å². The number of nitrogens with two attached hydrogens (primary N) is 1. The Morgan fingerprint density at radius 3 is 2.83 bits per heavy atom. The highest BCUT2D eigenvalue weighted by Gasteiger charge is 2.06. The van der Waals surface area contributed by atoms with Crippen molar-refractivity contribution >= 4 is 28.3 Å². The minimum Gasteiger partial charge on any atom is -0.385 e. The van der Waals surface area contributed by atoms with Crippen LogP contribution < -0.4 is 5.73 Å². The molecule has 0 aliphatic heterocycles. The monoisotopic (exact) mass is 180 g/mol. The highest BCUT2D eigenvalue weighted by Crippen LogP contribution is 2.29. The molecule has 0 saturated heterocycles. The number of hydrogen-bond donors (Lipinski definition) is 2. The van der Waals surface area contributed by atoms with Crippen molar-refractivity contribution in [2.45, 2.75) is 6.92 Å². The molecule has 3 heteroatoms. The van der Waals surface area contributed by atoms with E-state index in [9.17, 15) is 0 Å². The number of fused-ring (bicyclic) bond motifs is 1. The van der Waals surface area contributed by atoms with Crippen LogP contribution in [0.25, 0.3) is 10.9 Å². The summed E-state index contributed by atoms with van der Waals surface area (Å²) in [4.78, 5) is 3.06. The Balaban J connectivity index is 2.97. The number of aromatic amines is 1. The van der Waals surface area contributed by atoms with E-state index in [1.165, 1.54) is 0 Å². The van der Waals surface area contributed by atoms with Gasteiger partial charge in [-0.25, -0.2) is 0 Å². The van der Waals surface area contributed by atoms with Crippen molar-refractivity contribution in [2.75, 3.05) is 5.73 Å². The SMILES string of the molecule is Cc1c(N)[nH]c2cccc(Cl)c12. The molecule has 0 amide bonds. The molecule has 62 valence electrons. The molecule has 0 spiro atoms. The van der Waals surface area contributed by atoms with Crippen molar-refractivity contribution in [3.8, 4) is 0 Å². The average molecular weight is 181 g/mol. The summed E-state index contributed by atoms with van der Waals surface area (Å²) >= 11 is 6.00. The third-order valence-corrected chi connectivity index (χ3v) is 2.38. The first-order chi connectivity index (χ1) is 5.70. The van der Waals surface area contributed by atoms with Crippen molar-refractivity contribution in [3.63, 3.8) is 0 Å². The summed E-state index contributed by atoms with van der Waals surface area (Å²) in [5.74, 6) is 0.693. The number of benzene rings is 1. The summed E-state index contributed by atoms with van der Waals surface area (Å²) in [5, 5.41) is 1.77. The molecule has 1 aromatic heterocycles. The van der Waals surface area contributed by atoms with Crippen LogP contribution in [-0.2, 0) is 0 Å². The first-order valence-electron chi connectivity index (χ1n) is 3.72. The Bertz CT molecular complexity index is 431. The summed E-state index contributed by atoms with van der Waals surface area (Å²) in [5.41, 5.74) is 7.73. The largest absolute Gasteiger partial charge is 0.385 e. The van der Waals surface area contributed by atoms with E-state index < -0.39 is 0 Å². The van der Waals surface area contributed by atoms with E-state index in [-0.39, 0.29) is 0 Å². The second-order valence-corrected chi connectivity index (χ2v) is 3.23. The van der Waals surface area contributed by atoms with Gasteiger partial charge >= 0.3 is 0 Å². The molecule has 0 atom stereocenters. The minimum atomic E-state index is 0.693. The first-order valence-corrected chi connectivity index (χ1v) is 4.10. The number of aryl methyl sites for hydroxylation is 1. The fraction of sp³-hybridized carbons (Fsp3) is 0.111. The lowest BCUT2D eigenvalue weighted by molar-refractivity contribution is 1.43. The van der Waals surface area contributed by atoms with E-state index >= 15 is 0 Å². The van der Waals surface area contributed by atoms with Gasteiger partial charge in [-0.15, -0.1) is 0 Å². The lowest BCUT2D eigenvalue weighted by Gasteiger charge is -1.93. The maximum Gasteiger partial charge on any atom is 0.104 e. The van der Waals surface area contributed by atoms with Crippen LogP contribution in [0, 0.1) is 6.92 Å². The molecule has 0 saturated carbocycles. The van der Waals surface area contributed by atoms with Gasteiger partial charge in [0.05, 0.1) is 5.02 Å². The van der Waals surface area contributed by atoms with Crippen molar-refractivity contribution < 1.29 is 0 Å². The predicted octanol–water partition coefficient (Wildman–Crippen LogP) is 2.71. The molecule has 0 aliphatic carbocycles. The van der Waals surface area contributed by atoms with Gasteiger partial charge in [0, 0.05) is 10.9 Å². The normalized spacial score (nSPS) is 10.8. The van der Waals surface area contributed by atoms with Gasteiger partial charge < -0.3 is 10.7 Å². The molecule has 0 radical (unpaired) electrons. The number of H-pyrrole nitrogens is 1.